The molecule has 1 aromatic rings. The van der Waals surface area contributed by atoms with Gasteiger partial charge in [0.25, 0.3) is 0 Å². The molecule has 0 aliphatic carbocycles. The molecule has 0 fully saturated rings. The van der Waals surface area contributed by atoms with Gasteiger partial charge in [-0.2, -0.15) is 0 Å². The first-order valence-electron chi connectivity index (χ1n) is 15.9. The van der Waals surface area contributed by atoms with Gasteiger partial charge in [0.1, 0.15) is 0 Å². The Kier molecular flexibility index (Phi) is 34.5. The van der Waals surface area contributed by atoms with Gasteiger partial charge < -0.3 is 19.8 Å². The summed E-state index contributed by atoms with van der Waals surface area (Å²) in [6.07, 6.45) is 17.7. The second-order valence-corrected chi connectivity index (χ2v) is 32.1. The number of unbranched alkanes of at least 4 members (excludes halogenated alkanes) is 6. The second kappa shape index (κ2) is 31.0. The van der Waals surface area contributed by atoms with Crippen molar-refractivity contribution in [3.63, 3.8) is 0 Å². The third-order valence-corrected chi connectivity index (χ3v) is 32.6. The summed E-state index contributed by atoms with van der Waals surface area (Å²) in [6, 6.07) is 0. The molecular weight excluding hydrogens is 1190 g/mol. The summed E-state index contributed by atoms with van der Waals surface area (Å²) in [5, 5.41) is 21.9. The van der Waals surface area contributed by atoms with Gasteiger partial charge in [-0.3, -0.25) is 0 Å². The number of aromatic carboxylic acids is 2. The summed E-state index contributed by atoms with van der Waals surface area (Å²) in [4.78, 5) is 21.9. The van der Waals surface area contributed by atoms with Crippen molar-refractivity contribution in [2.45, 2.75) is 145 Å². The summed E-state index contributed by atoms with van der Waals surface area (Å²) in [7, 11) is 0. The van der Waals surface area contributed by atoms with Crippen molar-refractivity contribution in [3.8, 4) is 0 Å². The number of rotatable bonds is 20. The minimum Gasteiger partial charge on any atom is -0.545 e. The number of halogens is 4. The van der Waals surface area contributed by atoms with Crippen LogP contribution in [0, 0.1) is 14.3 Å². The number of hydrogen-bond donors (Lipinski definition) is 0. The van der Waals surface area contributed by atoms with E-state index in [1.54, 1.807) is 71.8 Å². The van der Waals surface area contributed by atoms with Crippen LogP contribution in [0.4, 0.5) is 0 Å². The Balaban J connectivity index is 0. The molecule has 0 heterocycles. The first-order chi connectivity index (χ1) is 20.0. The Bertz CT molecular complexity index is 765. The topological polar surface area (TPSA) is 80.3 Å². The van der Waals surface area contributed by atoms with E-state index in [0.29, 0.717) is 14.3 Å². The zero-order valence-electron chi connectivity index (χ0n) is 26.9. The van der Waals surface area contributed by atoms with Gasteiger partial charge in [-0.15, -0.1) is 0 Å². The average Bonchev–Trinajstić information content (AvgIpc) is 2.97. The Morgan fingerprint density at radius 2 is 0.643 bits per heavy atom. The van der Waals surface area contributed by atoms with Gasteiger partial charge in [0, 0.05) is 25.4 Å². The van der Waals surface area contributed by atoms with Crippen LogP contribution in [-0.2, 0) is 0 Å². The van der Waals surface area contributed by atoms with E-state index in [4.69, 9.17) is 0 Å². The summed E-state index contributed by atoms with van der Waals surface area (Å²) < 4.78 is 12.2. The molecule has 0 saturated heterocycles. The van der Waals surface area contributed by atoms with Crippen LogP contribution < -0.4 is 10.2 Å². The molecule has 0 N–H and O–H groups in total. The summed E-state index contributed by atoms with van der Waals surface area (Å²) >= 11 is 5.85. The molecule has 0 aromatic heterocycles. The molecule has 0 unspecified atom stereocenters. The SMILES string of the molecule is CCC[CH2][Sn+]([CH2]CCC)[CH2]CCC.CCC[CH2][Sn+]([CH2]CCC)[CH2]CCC.O=C([O-])c1c(I)c(I)c(I)c(I)c1C(=O)[O-]. The Morgan fingerprint density at radius 1 is 0.452 bits per heavy atom. The molecule has 1 rings (SSSR count). The number of carbonyl (C=O) groups excluding carboxylic acids is 2. The maximum Gasteiger partial charge on any atom is 0.0733 e. The van der Waals surface area contributed by atoms with Crippen molar-refractivity contribution in [2.75, 3.05) is 0 Å². The van der Waals surface area contributed by atoms with Gasteiger partial charge in [0.15, 0.2) is 0 Å². The van der Waals surface area contributed by atoms with Gasteiger partial charge >= 0.3 is 185 Å². The van der Waals surface area contributed by atoms with Gasteiger partial charge in [-0.25, -0.2) is 0 Å². The van der Waals surface area contributed by atoms with E-state index in [9.17, 15) is 19.8 Å². The third-order valence-electron chi connectivity index (χ3n) is 6.98. The molecule has 0 aliphatic heterocycles. The molecule has 0 spiro atoms. The van der Waals surface area contributed by atoms with E-state index in [1.807, 2.05) is 45.2 Å². The minimum atomic E-state index is -1.50. The molecule has 10 heteroatoms. The van der Waals surface area contributed by atoms with Crippen molar-refractivity contribution >= 4 is 142 Å². The van der Waals surface area contributed by atoms with Gasteiger partial charge in [0.05, 0.1) is 11.9 Å². The van der Waals surface area contributed by atoms with E-state index in [2.05, 4.69) is 41.5 Å². The molecule has 0 radical (unpaired) electrons. The largest absolute Gasteiger partial charge is 0.545 e. The first-order valence-corrected chi connectivity index (χ1v) is 32.4. The second-order valence-electron chi connectivity index (χ2n) is 10.7. The zero-order chi connectivity index (χ0) is 32.5. The normalized spacial score (nSPS) is 10.3. The van der Waals surface area contributed by atoms with Gasteiger partial charge in [-0.1, -0.05) is 0 Å². The van der Waals surface area contributed by atoms with Crippen LogP contribution in [0.15, 0.2) is 0 Å². The Labute approximate surface area is 327 Å². The number of carboxylic acid groups (broad SMARTS) is 2. The molecule has 42 heavy (non-hydrogen) atoms. The molecule has 0 bridgehead atoms. The van der Waals surface area contributed by atoms with Crippen LogP contribution in [0.1, 0.15) is 139 Å². The number of benzene rings is 1. The van der Waals surface area contributed by atoms with Gasteiger partial charge in [0.2, 0.25) is 0 Å². The molecule has 0 saturated carbocycles. The molecular formula is C32H54I4O4Sn2. The number of carboxylic acids is 2. The molecule has 0 amide bonds. The van der Waals surface area contributed by atoms with Crippen molar-refractivity contribution in [1.82, 2.24) is 0 Å². The zero-order valence-corrected chi connectivity index (χ0v) is 41.2. The van der Waals surface area contributed by atoms with Crippen molar-refractivity contribution in [2.24, 2.45) is 0 Å². The number of hydrogen-bond acceptors (Lipinski definition) is 4. The molecule has 0 aliphatic rings. The maximum absolute atomic E-state index is 10.9. The fourth-order valence-corrected chi connectivity index (χ4v) is 26.9. The smallest absolute Gasteiger partial charge is 0.0733 e. The van der Waals surface area contributed by atoms with Crippen molar-refractivity contribution in [1.29, 1.82) is 0 Å². The molecule has 0 atom stereocenters. The van der Waals surface area contributed by atoms with Crippen LogP contribution in [0.3, 0.4) is 0 Å². The summed E-state index contributed by atoms with van der Waals surface area (Å²) in [5.74, 6) is -3.01. The van der Waals surface area contributed by atoms with Crippen LogP contribution in [-0.4, -0.2) is 51.5 Å². The number of carbonyl (C=O) groups is 2. The standard InChI is InChI=1S/C8H2I4O4.6C4H9.2Sn/c9-3-1(7(13)14)2(8(15)16)4(10)6(12)5(3)11;6*1-3-4-2;;/h(H,13,14)(H,15,16);6*1,3-4H2,2H3;;/q;;;;;;;2*+1/p-2. The fraction of sp³-hybridized carbons (Fsp3) is 0.750. The van der Waals surface area contributed by atoms with E-state index < -0.39 is 51.5 Å². The van der Waals surface area contributed by atoms with E-state index in [0.717, 1.165) is 0 Å². The monoisotopic (exact) mass is 1250 g/mol. The van der Waals surface area contributed by atoms with E-state index >= 15 is 0 Å². The quantitative estimate of drug-likeness (QED) is 0.0564. The van der Waals surface area contributed by atoms with Crippen molar-refractivity contribution < 1.29 is 19.8 Å². The van der Waals surface area contributed by atoms with Gasteiger partial charge in [-0.05, 0) is 90.4 Å². The molecule has 242 valence electrons. The van der Waals surface area contributed by atoms with E-state index in [-0.39, 0.29) is 11.1 Å². The summed E-state index contributed by atoms with van der Waals surface area (Å²) in [5.41, 5.74) is -0.621. The Morgan fingerprint density at radius 3 is 0.786 bits per heavy atom. The third kappa shape index (κ3) is 21.5. The van der Waals surface area contributed by atoms with Crippen LogP contribution in [0.25, 0.3) is 0 Å². The minimum absolute atomic E-state index is 0.310. The average molecular weight is 1250 g/mol. The van der Waals surface area contributed by atoms with E-state index in [1.165, 1.54) is 77.0 Å². The first kappa shape index (κ1) is 46.8. The van der Waals surface area contributed by atoms with Crippen molar-refractivity contribution in [3.05, 3.63) is 25.4 Å². The summed E-state index contributed by atoms with van der Waals surface area (Å²) in [6.45, 7) is 14.0. The maximum atomic E-state index is 10.9. The Hall–Kier alpha value is 2.68. The predicted molar refractivity (Wildman–Crippen MR) is 216 cm³/mol. The molecule has 4 nitrogen and oxygen atoms in total. The van der Waals surface area contributed by atoms with Crippen LogP contribution >= 0.6 is 90.4 Å². The van der Waals surface area contributed by atoms with Crippen LogP contribution in [0.2, 0.25) is 26.6 Å². The molecule has 1 aromatic carbocycles. The van der Waals surface area contributed by atoms with Crippen LogP contribution in [0.5, 0.6) is 0 Å². The fourth-order valence-electron chi connectivity index (χ4n) is 4.33. The predicted octanol–water partition coefficient (Wildman–Crippen LogP) is 10.6.